The number of cyclic esters (lactones) is 1. The molecule has 0 spiro atoms. The lowest BCUT2D eigenvalue weighted by molar-refractivity contribution is -0.0163. The van der Waals surface area contributed by atoms with Crippen LogP contribution in [0.3, 0.4) is 0 Å². The number of carbonyl (C=O) groups is 1. The van der Waals surface area contributed by atoms with Gasteiger partial charge in [0.05, 0.1) is 0 Å². The zero-order chi connectivity index (χ0) is 11.4. The molecule has 0 aromatic rings. The third-order valence-electron chi connectivity index (χ3n) is 3.79. The van der Waals surface area contributed by atoms with Gasteiger partial charge in [0, 0.05) is 19.0 Å². The molecule has 3 nitrogen and oxygen atoms in total. The molecule has 0 aliphatic carbocycles. The number of piperidine rings is 1. The average molecular weight is 225 g/mol. The van der Waals surface area contributed by atoms with Crippen LogP contribution in [0, 0.1) is 0 Å². The van der Waals surface area contributed by atoms with Gasteiger partial charge in [0.1, 0.15) is 6.10 Å². The molecule has 0 saturated carbocycles. The number of fused-ring (bicyclic) bond motifs is 1. The molecule has 2 rings (SSSR count). The van der Waals surface area contributed by atoms with Crippen molar-refractivity contribution in [2.24, 2.45) is 0 Å². The summed E-state index contributed by atoms with van der Waals surface area (Å²) in [6.45, 7) is 3.11. The third-order valence-corrected chi connectivity index (χ3v) is 3.79. The molecule has 16 heavy (non-hydrogen) atoms. The van der Waals surface area contributed by atoms with Gasteiger partial charge in [0.25, 0.3) is 0 Å². The third kappa shape index (κ3) is 2.69. The molecular weight excluding hydrogens is 202 g/mol. The highest BCUT2D eigenvalue weighted by Gasteiger charge is 2.35. The van der Waals surface area contributed by atoms with Crippen LogP contribution in [0.5, 0.6) is 0 Å². The summed E-state index contributed by atoms with van der Waals surface area (Å²) in [5, 5.41) is 0. The lowest BCUT2D eigenvalue weighted by atomic mass is 9.94. The van der Waals surface area contributed by atoms with E-state index in [0.717, 1.165) is 25.8 Å². The highest BCUT2D eigenvalue weighted by atomic mass is 16.6. The predicted octanol–water partition coefficient (Wildman–Crippen LogP) is 3.33. The van der Waals surface area contributed by atoms with Crippen molar-refractivity contribution in [2.45, 2.75) is 70.4 Å². The van der Waals surface area contributed by atoms with Crippen LogP contribution >= 0.6 is 0 Å². The van der Waals surface area contributed by atoms with Crippen molar-refractivity contribution in [3.05, 3.63) is 0 Å². The molecule has 3 heteroatoms. The number of rotatable bonds is 4. The van der Waals surface area contributed by atoms with Crippen molar-refractivity contribution < 1.29 is 9.53 Å². The van der Waals surface area contributed by atoms with Crippen molar-refractivity contribution in [1.82, 2.24) is 4.90 Å². The molecule has 2 saturated heterocycles. The first kappa shape index (κ1) is 11.7. The predicted molar refractivity (Wildman–Crippen MR) is 63.4 cm³/mol. The van der Waals surface area contributed by atoms with Crippen molar-refractivity contribution in [3.63, 3.8) is 0 Å². The standard InChI is InChI=1S/C13H23NO2/c1-2-3-4-8-12-10-11-7-5-6-9-14(11)13(15)16-12/h11-12H,2-10H2,1H3/t11-,12+/m1/s1. The van der Waals surface area contributed by atoms with Gasteiger partial charge in [0.15, 0.2) is 0 Å². The van der Waals surface area contributed by atoms with Gasteiger partial charge in [-0.2, -0.15) is 0 Å². The van der Waals surface area contributed by atoms with E-state index in [0.29, 0.717) is 6.04 Å². The van der Waals surface area contributed by atoms with E-state index in [-0.39, 0.29) is 12.2 Å². The number of hydrogen-bond donors (Lipinski definition) is 0. The monoisotopic (exact) mass is 225 g/mol. The quantitative estimate of drug-likeness (QED) is 0.687. The largest absolute Gasteiger partial charge is 0.446 e. The first-order valence-electron chi connectivity index (χ1n) is 6.78. The molecule has 0 bridgehead atoms. The molecule has 92 valence electrons. The van der Waals surface area contributed by atoms with Crippen LogP contribution in [-0.4, -0.2) is 29.7 Å². The highest BCUT2D eigenvalue weighted by Crippen LogP contribution is 2.29. The van der Waals surface area contributed by atoms with Gasteiger partial charge in [-0.15, -0.1) is 0 Å². The lowest BCUT2D eigenvalue weighted by Crippen LogP contribution is -2.51. The molecule has 2 fully saturated rings. The number of hydrogen-bond acceptors (Lipinski definition) is 2. The summed E-state index contributed by atoms with van der Waals surface area (Å²) in [7, 11) is 0. The van der Waals surface area contributed by atoms with Gasteiger partial charge in [0.2, 0.25) is 0 Å². The first-order valence-corrected chi connectivity index (χ1v) is 6.78. The minimum Gasteiger partial charge on any atom is -0.446 e. The van der Waals surface area contributed by atoms with Crippen LogP contribution < -0.4 is 0 Å². The second-order valence-corrected chi connectivity index (χ2v) is 5.08. The van der Waals surface area contributed by atoms with Crippen LogP contribution in [0.2, 0.25) is 0 Å². The molecule has 0 N–H and O–H groups in total. The van der Waals surface area contributed by atoms with Gasteiger partial charge >= 0.3 is 6.09 Å². The fourth-order valence-electron chi connectivity index (χ4n) is 2.85. The van der Waals surface area contributed by atoms with Gasteiger partial charge < -0.3 is 9.64 Å². The van der Waals surface area contributed by atoms with E-state index in [1.807, 2.05) is 4.90 Å². The Morgan fingerprint density at radius 1 is 1.38 bits per heavy atom. The van der Waals surface area contributed by atoms with E-state index in [9.17, 15) is 4.79 Å². The first-order chi connectivity index (χ1) is 7.81. The minimum atomic E-state index is -0.0579. The maximum absolute atomic E-state index is 11.8. The molecular formula is C13H23NO2. The molecule has 0 radical (unpaired) electrons. The fraction of sp³-hybridized carbons (Fsp3) is 0.923. The van der Waals surface area contributed by atoms with Gasteiger partial charge in [-0.3, -0.25) is 0 Å². The number of amides is 1. The zero-order valence-corrected chi connectivity index (χ0v) is 10.3. The summed E-state index contributed by atoms with van der Waals surface area (Å²) in [6, 6.07) is 0.474. The second kappa shape index (κ2) is 5.55. The van der Waals surface area contributed by atoms with Crippen molar-refractivity contribution >= 4 is 6.09 Å². The average Bonchev–Trinajstić information content (AvgIpc) is 2.30. The van der Waals surface area contributed by atoms with E-state index in [1.54, 1.807) is 0 Å². The Labute approximate surface area is 98.1 Å². The Kier molecular flexibility index (Phi) is 4.08. The maximum Gasteiger partial charge on any atom is 0.410 e. The SMILES string of the molecule is CCCCC[C@H]1C[C@H]2CCCCN2C(=O)O1. The summed E-state index contributed by atoms with van der Waals surface area (Å²) in [5.41, 5.74) is 0. The topological polar surface area (TPSA) is 29.5 Å². The summed E-state index contributed by atoms with van der Waals surface area (Å²) in [5.74, 6) is 0. The van der Waals surface area contributed by atoms with E-state index in [1.165, 1.54) is 32.1 Å². The molecule has 0 unspecified atom stereocenters. The normalized spacial score (nSPS) is 29.8. The maximum atomic E-state index is 11.8. The van der Waals surface area contributed by atoms with Crippen LogP contribution in [0.4, 0.5) is 4.79 Å². The summed E-state index contributed by atoms with van der Waals surface area (Å²) < 4.78 is 5.49. The fourth-order valence-corrected chi connectivity index (χ4v) is 2.85. The lowest BCUT2D eigenvalue weighted by Gasteiger charge is -2.41. The smallest absolute Gasteiger partial charge is 0.410 e. The van der Waals surface area contributed by atoms with Gasteiger partial charge in [-0.25, -0.2) is 4.79 Å². The molecule has 0 aromatic heterocycles. The highest BCUT2D eigenvalue weighted by molar-refractivity contribution is 5.69. The van der Waals surface area contributed by atoms with Gasteiger partial charge in [-0.1, -0.05) is 19.8 Å². The van der Waals surface area contributed by atoms with Crippen LogP contribution in [-0.2, 0) is 4.74 Å². The van der Waals surface area contributed by atoms with E-state index in [2.05, 4.69) is 6.92 Å². The Morgan fingerprint density at radius 2 is 2.25 bits per heavy atom. The summed E-state index contributed by atoms with van der Waals surface area (Å²) in [6.07, 6.45) is 9.54. The van der Waals surface area contributed by atoms with Crippen molar-refractivity contribution in [3.8, 4) is 0 Å². The molecule has 1 amide bonds. The van der Waals surface area contributed by atoms with E-state index < -0.39 is 0 Å². The summed E-state index contributed by atoms with van der Waals surface area (Å²) in [4.78, 5) is 13.7. The van der Waals surface area contributed by atoms with E-state index >= 15 is 0 Å². The Bertz CT molecular complexity index is 242. The number of unbranched alkanes of at least 4 members (excludes halogenated alkanes) is 2. The van der Waals surface area contributed by atoms with E-state index in [4.69, 9.17) is 4.74 Å². The van der Waals surface area contributed by atoms with Gasteiger partial charge in [-0.05, 0) is 32.1 Å². The summed E-state index contributed by atoms with van der Waals surface area (Å²) >= 11 is 0. The Balaban J connectivity index is 1.82. The van der Waals surface area contributed by atoms with Crippen molar-refractivity contribution in [1.29, 1.82) is 0 Å². The number of nitrogens with zero attached hydrogens (tertiary/aromatic N) is 1. The molecule has 2 atom stereocenters. The molecule has 0 aromatic carbocycles. The molecule has 2 aliphatic rings. The Hall–Kier alpha value is -0.730. The van der Waals surface area contributed by atoms with Crippen molar-refractivity contribution in [2.75, 3.05) is 6.54 Å². The van der Waals surface area contributed by atoms with Crippen LogP contribution in [0.1, 0.15) is 58.3 Å². The number of ether oxygens (including phenoxy) is 1. The van der Waals surface area contributed by atoms with Crippen LogP contribution in [0.25, 0.3) is 0 Å². The Morgan fingerprint density at radius 3 is 3.06 bits per heavy atom. The molecule has 2 aliphatic heterocycles. The zero-order valence-electron chi connectivity index (χ0n) is 10.3. The minimum absolute atomic E-state index is 0.0579. The number of carbonyl (C=O) groups excluding carboxylic acids is 1. The molecule has 2 heterocycles. The van der Waals surface area contributed by atoms with Crippen LogP contribution in [0.15, 0.2) is 0 Å². The second-order valence-electron chi connectivity index (χ2n) is 5.08.